The zero-order valence-corrected chi connectivity index (χ0v) is 15.7. The summed E-state index contributed by atoms with van der Waals surface area (Å²) < 4.78 is 41.4. The van der Waals surface area contributed by atoms with Crippen molar-refractivity contribution in [1.82, 2.24) is 10.3 Å². The average Bonchev–Trinajstić information content (AvgIpc) is 2.59. The van der Waals surface area contributed by atoms with Gasteiger partial charge >= 0.3 is 6.18 Å². The second-order valence-electron chi connectivity index (χ2n) is 5.37. The van der Waals surface area contributed by atoms with Gasteiger partial charge in [0.05, 0.1) is 0 Å². The molecule has 1 heterocycles. The summed E-state index contributed by atoms with van der Waals surface area (Å²) in [6.07, 6.45) is -3.08. The lowest BCUT2D eigenvalue weighted by Gasteiger charge is -2.14. The first-order valence-corrected chi connectivity index (χ1v) is 7.56. The minimum atomic E-state index is -4.46. The van der Waals surface area contributed by atoms with E-state index in [1.54, 1.807) is 6.07 Å². The molecule has 5 nitrogen and oxygen atoms in total. The summed E-state index contributed by atoms with van der Waals surface area (Å²) in [6, 6.07) is 11.8. The summed E-state index contributed by atoms with van der Waals surface area (Å²) in [6.45, 7) is -1.44. The lowest BCUT2D eigenvalue weighted by molar-refractivity contribution is -0.154. The summed E-state index contributed by atoms with van der Waals surface area (Å²) in [5.41, 5.74) is 7.15. The van der Waals surface area contributed by atoms with Gasteiger partial charge in [0.15, 0.2) is 6.61 Å². The Morgan fingerprint density at radius 3 is 2.44 bits per heavy atom. The Morgan fingerprint density at radius 1 is 1.15 bits per heavy atom. The standard InChI is InChI=1S/C17H18F3N3O2.2ClH/c18-17(19,20)11-25-16-13(7-4-8-22-16)10-23-15(24)9-14(21)12-5-2-1-3-6-12;;/h1-8,14H,9-11,21H2,(H,23,24);2*1H. The molecule has 1 aromatic heterocycles. The number of nitrogens with two attached hydrogens (primary N) is 1. The summed E-state index contributed by atoms with van der Waals surface area (Å²) in [7, 11) is 0. The van der Waals surface area contributed by atoms with Gasteiger partial charge in [-0.05, 0) is 11.6 Å². The number of halogens is 5. The molecule has 3 N–H and O–H groups in total. The molecule has 0 bridgehead atoms. The predicted octanol–water partition coefficient (Wildman–Crippen LogP) is 3.57. The largest absolute Gasteiger partial charge is 0.468 e. The molecule has 10 heteroatoms. The van der Waals surface area contributed by atoms with Crippen molar-refractivity contribution >= 4 is 30.7 Å². The Labute approximate surface area is 167 Å². The van der Waals surface area contributed by atoms with Crippen LogP contribution in [-0.2, 0) is 11.3 Å². The van der Waals surface area contributed by atoms with Gasteiger partial charge < -0.3 is 15.8 Å². The molecule has 0 fully saturated rings. The maximum Gasteiger partial charge on any atom is 0.422 e. The molecule has 1 amide bonds. The van der Waals surface area contributed by atoms with Crippen LogP contribution < -0.4 is 15.8 Å². The summed E-state index contributed by atoms with van der Waals surface area (Å²) in [5.74, 6) is -0.477. The van der Waals surface area contributed by atoms with Gasteiger partial charge in [0.25, 0.3) is 0 Å². The minimum absolute atomic E-state index is 0. The molecule has 2 rings (SSSR count). The smallest absolute Gasteiger partial charge is 0.422 e. The third-order valence-electron chi connectivity index (χ3n) is 3.33. The summed E-state index contributed by atoms with van der Waals surface area (Å²) in [5, 5.41) is 2.62. The van der Waals surface area contributed by atoms with E-state index < -0.39 is 18.8 Å². The molecule has 150 valence electrons. The molecule has 0 aliphatic heterocycles. The molecule has 1 atom stereocenters. The van der Waals surface area contributed by atoms with Gasteiger partial charge in [0.1, 0.15) is 0 Å². The Bertz CT molecular complexity index is 703. The maximum absolute atomic E-state index is 12.3. The van der Waals surface area contributed by atoms with Gasteiger partial charge in [0, 0.05) is 30.8 Å². The fraction of sp³-hybridized carbons (Fsp3) is 0.294. The van der Waals surface area contributed by atoms with Crippen LogP contribution in [0.1, 0.15) is 23.6 Å². The minimum Gasteiger partial charge on any atom is -0.468 e. The number of rotatable bonds is 7. The van der Waals surface area contributed by atoms with Gasteiger partial charge in [0.2, 0.25) is 11.8 Å². The van der Waals surface area contributed by atoms with E-state index in [9.17, 15) is 18.0 Å². The maximum atomic E-state index is 12.3. The van der Waals surface area contributed by atoms with Crippen LogP contribution in [0.5, 0.6) is 5.88 Å². The van der Waals surface area contributed by atoms with Crippen molar-refractivity contribution in [2.24, 2.45) is 5.73 Å². The second kappa shape index (κ2) is 11.6. The van der Waals surface area contributed by atoms with Crippen molar-refractivity contribution in [3.63, 3.8) is 0 Å². The normalized spacial score (nSPS) is 11.6. The third kappa shape index (κ3) is 8.94. The molecular weight excluding hydrogens is 406 g/mol. The van der Waals surface area contributed by atoms with Crippen molar-refractivity contribution < 1.29 is 22.7 Å². The number of hydrogen-bond donors (Lipinski definition) is 2. The number of pyridine rings is 1. The second-order valence-corrected chi connectivity index (χ2v) is 5.37. The third-order valence-corrected chi connectivity index (χ3v) is 3.33. The molecule has 1 unspecified atom stereocenters. The van der Waals surface area contributed by atoms with Gasteiger partial charge in [-0.15, -0.1) is 24.8 Å². The summed E-state index contributed by atoms with van der Waals surface area (Å²) in [4.78, 5) is 15.8. The Balaban J connectivity index is 0.00000338. The number of ether oxygens (including phenoxy) is 1. The molecule has 2 aromatic rings. The van der Waals surface area contributed by atoms with Crippen molar-refractivity contribution in [3.8, 4) is 5.88 Å². The zero-order chi connectivity index (χ0) is 18.3. The molecule has 27 heavy (non-hydrogen) atoms. The Morgan fingerprint density at radius 2 is 1.81 bits per heavy atom. The van der Waals surface area contributed by atoms with Gasteiger partial charge in [-0.25, -0.2) is 4.98 Å². The fourth-order valence-electron chi connectivity index (χ4n) is 2.12. The topological polar surface area (TPSA) is 77.2 Å². The lowest BCUT2D eigenvalue weighted by Crippen LogP contribution is -2.27. The fourth-order valence-corrected chi connectivity index (χ4v) is 2.12. The monoisotopic (exact) mass is 425 g/mol. The van der Waals surface area contributed by atoms with Gasteiger partial charge in [-0.3, -0.25) is 4.79 Å². The van der Waals surface area contributed by atoms with Crippen LogP contribution in [0.3, 0.4) is 0 Å². The van der Waals surface area contributed by atoms with Crippen LogP contribution in [0, 0.1) is 0 Å². The van der Waals surface area contributed by atoms with E-state index >= 15 is 0 Å². The molecule has 0 saturated carbocycles. The number of nitrogens with one attached hydrogen (secondary N) is 1. The van der Waals surface area contributed by atoms with E-state index in [4.69, 9.17) is 5.73 Å². The first-order valence-electron chi connectivity index (χ1n) is 7.56. The van der Waals surface area contributed by atoms with Crippen LogP contribution in [0.4, 0.5) is 13.2 Å². The van der Waals surface area contributed by atoms with Gasteiger partial charge in [-0.1, -0.05) is 36.4 Å². The van der Waals surface area contributed by atoms with Crippen LogP contribution in [-0.4, -0.2) is 23.7 Å². The number of hydrogen-bond acceptors (Lipinski definition) is 4. The van der Waals surface area contributed by atoms with Crippen molar-refractivity contribution in [3.05, 3.63) is 59.8 Å². The van der Waals surface area contributed by atoms with Crippen LogP contribution in [0.15, 0.2) is 48.7 Å². The molecule has 0 aliphatic carbocycles. The van der Waals surface area contributed by atoms with Crippen LogP contribution in [0.25, 0.3) is 0 Å². The molecule has 0 spiro atoms. The van der Waals surface area contributed by atoms with Crippen LogP contribution >= 0.6 is 24.8 Å². The Kier molecular flexibility index (Phi) is 10.8. The Hall–Kier alpha value is -2.03. The number of amides is 1. The van der Waals surface area contributed by atoms with E-state index in [0.29, 0.717) is 5.56 Å². The molecule has 0 radical (unpaired) electrons. The first kappa shape index (κ1) is 25.0. The quantitative estimate of drug-likeness (QED) is 0.710. The highest BCUT2D eigenvalue weighted by molar-refractivity contribution is 5.85. The highest BCUT2D eigenvalue weighted by Crippen LogP contribution is 2.20. The highest BCUT2D eigenvalue weighted by atomic mass is 35.5. The number of carbonyl (C=O) groups is 1. The van der Waals surface area contributed by atoms with Crippen molar-refractivity contribution in [1.29, 1.82) is 0 Å². The van der Waals surface area contributed by atoms with Gasteiger partial charge in [-0.2, -0.15) is 13.2 Å². The number of aromatic nitrogens is 1. The van der Waals surface area contributed by atoms with E-state index in [-0.39, 0.29) is 49.6 Å². The van der Waals surface area contributed by atoms with E-state index in [2.05, 4.69) is 15.0 Å². The number of benzene rings is 1. The predicted molar refractivity (Wildman–Crippen MR) is 100 cm³/mol. The van der Waals surface area contributed by atoms with Crippen LogP contribution in [0.2, 0.25) is 0 Å². The highest BCUT2D eigenvalue weighted by Gasteiger charge is 2.29. The van der Waals surface area contributed by atoms with E-state index in [1.165, 1.54) is 12.3 Å². The molecule has 1 aromatic carbocycles. The summed E-state index contributed by atoms with van der Waals surface area (Å²) >= 11 is 0. The zero-order valence-electron chi connectivity index (χ0n) is 14.1. The molecule has 0 aliphatic rings. The number of nitrogens with zero attached hydrogens (tertiary/aromatic N) is 1. The average molecular weight is 426 g/mol. The first-order chi connectivity index (χ1) is 11.8. The number of carbonyl (C=O) groups excluding carboxylic acids is 1. The van der Waals surface area contributed by atoms with E-state index in [0.717, 1.165) is 5.56 Å². The molecule has 0 saturated heterocycles. The van der Waals surface area contributed by atoms with Crippen molar-refractivity contribution in [2.75, 3.05) is 6.61 Å². The SMILES string of the molecule is Cl.Cl.NC(CC(=O)NCc1cccnc1OCC(F)(F)F)c1ccccc1. The lowest BCUT2D eigenvalue weighted by atomic mass is 10.0. The van der Waals surface area contributed by atoms with E-state index in [1.807, 2.05) is 30.3 Å². The molecular formula is C17H20Cl2F3N3O2. The number of alkyl halides is 3. The van der Waals surface area contributed by atoms with Crippen molar-refractivity contribution in [2.45, 2.75) is 25.2 Å².